The zero-order chi connectivity index (χ0) is 12.3. The predicted octanol–water partition coefficient (Wildman–Crippen LogP) is 3.98. The molecule has 0 atom stereocenters. The van der Waals surface area contributed by atoms with Crippen LogP contribution in [-0.2, 0) is 6.42 Å². The predicted molar refractivity (Wildman–Crippen MR) is 71.2 cm³/mol. The third kappa shape index (κ3) is 3.07. The van der Waals surface area contributed by atoms with E-state index in [9.17, 15) is 0 Å². The normalized spacial score (nSPS) is 10.8. The molecule has 2 rings (SSSR count). The van der Waals surface area contributed by atoms with Gasteiger partial charge in [-0.1, -0.05) is 21.1 Å². The van der Waals surface area contributed by atoms with Gasteiger partial charge in [-0.25, -0.2) is 0 Å². The highest BCUT2D eigenvalue weighted by Gasteiger charge is 2.10. The first-order chi connectivity index (χ1) is 8.20. The van der Waals surface area contributed by atoms with Gasteiger partial charge in [0.15, 0.2) is 0 Å². The standard InChI is InChI=1S/C12H12BrClN2O/c1-8-7-9(13)4-5-10(8)12-15-11(17-16-12)3-2-6-14/h4-5,7H,2-3,6H2,1H3. The maximum Gasteiger partial charge on any atom is 0.227 e. The van der Waals surface area contributed by atoms with E-state index in [0.717, 1.165) is 28.4 Å². The summed E-state index contributed by atoms with van der Waals surface area (Å²) in [5.41, 5.74) is 2.11. The van der Waals surface area contributed by atoms with Crippen molar-refractivity contribution >= 4 is 27.5 Å². The quantitative estimate of drug-likeness (QED) is 0.801. The van der Waals surface area contributed by atoms with Crippen LogP contribution in [0.15, 0.2) is 27.2 Å². The smallest absolute Gasteiger partial charge is 0.227 e. The van der Waals surface area contributed by atoms with Crippen molar-refractivity contribution in [2.24, 2.45) is 0 Å². The van der Waals surface area contributed by atoms with Gasteiger partial charge in [0.1, 0.15) is 0 Å². The van der Waals surface area contributed by atoms with Gasteiger partial charge in [0, 0.05) is 22.3 Å². The second-order valence-electron chi connectivity index (χ2n) is 3.76. The summed E-state index contributed by atoms with van der Waals surface area (Å²) in [5.74, 6) is 1.89. The fourth-order valence-electron chi connectivity index (χ4n) is 1.56. The summed E-state index contributed by atoms with van der Waals surface area (Å²) < 4.78 is 6.22. The lowest BCUT2D eigenvalue weighted by Crippen LogP contribution is -1.88. The molecule has 0 spiro atoms. The Morgan fingerprint density at radius 1 is 1.41 bits per heavy atom. The zero-order valence-electron chi connectivity index (χ0n) is 9.41. The van der Waals surface area contributed by atoms with Crippen LogP contribution in [0.4, 0.5) is 0 Å². The summed E-state index contributed by atoms with van der Waals surface area (Å²) in [6.07, 6.45) is 1.58. The van der Waals surface area contributed by atoms with E-state index in [4.69, 9.17) is 16.1 Å². The lowest BCUT2D eigenvalue weighted by Gasteiger charge is -2.00. The number of alkyl halides is 1. The molecule has 0 aliphatic rings. The first-order valence-electron chi connectivity index (χ1n) is 5.36. The van der Waals surface area contributed by atoms with Crippen molar-refractivity contribution in [2.45, 2.75) is 19.8 Å². The van der Waals surface area contributed by atoms with Gasteiger partial charge >= 0.3 is 0 Å². The molecule has 2 aromatic rings. The van der Waals surface area contributed by atoms with E-state index >= 15 is 0 Å². The zero-order valence-corrected chi connectivity index (χ0v) is 11.8. The van der Waals surface area contributed by atoms with Crippen LogP contribution in [0.2, 0.25) is 0 Å². The molecule has 0 saturated heterocycles. The van der Waals surface area contributed by atoms with E-state index in [1.807, 2.05) is 25.1 Å². The second kappa shape index (κ2) is 5.65. The highest BCUT2D eigenvalue weighted by molar-refractivity contribution is 9.10. The van der Waals surface area contributed by atoms with Crippen molar-refractivity contribution in [3.63, 3.8) is 0 Å². The number of aryl methyl sites for hydroxylation is 2. The molecule has 0 saturated carbocycles. The molecule has 90 valence electrons. The maximum absolute atomic E-state index is 5.62. The Hall–Kier alpha value is -0.870. The molecule has 3 nitrogen and oxygen atoms in total. The van der Waals surface area contributed by atoms with Gasteiger partial charge in [0.2, 0.25) is 11.7 Å². The Morgan fingerprint density at radius 3 is 2.94 bits per heavy atom. The SMILES string of the molecule is Cc1cc(Br)ccc1-c1noc(CCCCl)n1. The molecule has 1 aromatic heterocycles. The third-order valence-corrected chi connectivity index (χ3v) is 3.18. The first-order valence-corrected chi connectivity index (χ1v) is 6.68. The van der Waals surface area contributed by atoms with Crippen LogP contribution in [0.5, 0.6) is 0 Å². The summed E-state index contributed by atoms with van der Waals surface area (Å²) >= 11 is 9.05. The van der Waals surface area contributed by atoms with Gasteiger partial charge in [-0.15, -0.1) is 11.6 Å². The Kier molecular flexibility index (Phi) is 4.18. The van der Waals surface area contributed by atoms with E-state index < -0.39 is 0 Å². The molecule has 0 aliphatic carbocycles. The van der Waals surface area contributed by atoms with Crippen LogP contribution in [0.1, 0.15) is 17.9 Å². The minimum Gasteiger partial charge on any atom is -0.339 e. The molecule has 0 bridgehead atoms. The average Bonchev–Trinajstić information content (AvgIpc) is 2.75. The van der Waals surface area contributed by atoms with Gasteiger partial charge in [0.25, 0.3) is 0 Å². The van der Waals surface area contributed by atoms with Crippen molar-refractivity contribution in [2.75, 3.05) is 5.88 Å². The Labute approximate surface area is 113 Å². The molecular formula is C12H12BrClN2O. The van der Waals surface area contributed by atoms with Crippen molar-refractivity contribution in [3.8, 4) is 11.4 Å². The Balaban J connectivity index is 2.24. The van der Waals surface area contributed by atoms with Crippen molar-refractivity contribution < 1.29 is 4.52 Å². The van der Waals surface area contributed by atoms with Crippen molar-refractivity contribution in [3.05, 3.63) is 34.1 Å². The molecule has 5 heteroatoms. The summed E-state index contributed by atoms with van der Waals surface area (Å²) in [7, 11) is 0. The molecule has 0 aliphatic heterocycles. The number of benzene rings is 1. The van der Waals surface area contributed by atoms with E-state index in [-0.39, 0.29) is 0 Å². The summed E-state index contributed by atoms with van der Waals surface area (Å²) in [6.45, 7) is 2.02. The fourth-order valence-corrected chi connectivity index (χ4v) is 2.17. The topological polar surface area (TPSA) is 38.9 Å². The molecule has 17 heavy (non-hydrogen) atoms. The molecule has 0 N–H and O–H groups in total. The van der Waals surface area contributed by atoms with Gasteiger partial charge in [-0.05, 0) is 37.1 Å². The Bertz CT molecular complexity index is 513. The van der Waals surface area contributed by atoms with E-state index in [1.54, 1.807) is 0 Å². The molecular weight excluding hydrogens is 304 g/mol. The Morgan fingerprint density at radius 2 is 2.24 bits per heavy atom. The van der Waals surface area contributed by atoms with Crippen LogP contribution in [0.3, 0.4) is 0 Å². The average molecular weight is 316 g/mol. The monoisotopic (exact) mass is 314 g/mol. The number of halogens is 2. The number of rotatable bonds is 4. The maximum atomic E-state index is 5.62. The molecule has 0 fully saturated rings. The molecule has 1 aromatic carbocycles. The van der Waals surface area contributed by atoms with Gasteiger partial charge in [-0.3, -0.25) is 0 Å². The highest BCUT2D eigenvalue weighted by atomic mass is 79.9. The van der Waals surface area contributed by atoms with E-state index in [0.29, 0.717) is 17.6 Å². The largest absolute Gasteiger partial charge is 0.339 e. The second-order valence-corrected chi connectivity index (χ2v) is 5.06. The van der Waals surface area contributed by atoms with Gasteiger partial charge in [-0.2, -0.15) is 4.98 Å². The van der Waals surface area contributed by atoms with Gasteiger partial charge < -0.3 is 4.52 Å². The number of aromatic nitrogens is 2. The minimum absolute atomic E-state index is 0.606. The number of hydrogen-bond acceptors (Lipinski definition) is 3. The van der Waals surface area contributed by atoms with Crippen molar-refractivity contribution in [1.82, 2.24) is 10.1 Å². The van der Waals surface area contributed by atoms with Crippen LogP contribution in [0, 0.1) is 6.92 Å². The fraction of sp³-hybridized carbons (Fsp3) is 0.333. The highest BCUT2D eigenvalue weighted by Crippen LogP contribution is 2.24. The molecule has 0 radical (unpaired) electrons. The summed E-state index contributed by atoms with van der Waals surface area (Å²) in [5, 5.41) is 3.99. The van der Waals surface area contributed by atoms with E-state index in [2.05, 4.69) is 26.1 Å². The number of nitrogens with zero attached hydrogens (tertiary/aromatic N) is 2. The van der Waals surface area contributed by atoms with Crippen molar-refractivity contribution in [1.29, 1.82) is 0 Å². The molecule has 1 heterocycles. The van der Waals surface area contributed by atoms with Crippen LogP contribution in [-0.4, -0.2) is 16.0 Å². The first kappa shape index (κ1) is 12.6. The minimum atomic E-state index is 0.606. The lowest BCUT2D eigenvalue weighted by atomic mass is 10.1. The summed E-state index contributed by atoms with van der Waals surface area (Å²) in [6, 6.07) is 5.98. The lowest BCUT2D eigenvalue weighted by molar-refractivity contribution is 0.378. The van der Waals surface area contributed by atoms with Crippen LogP contribution < -0.4 is 0 Å². The summed E-state index contributed by atoms with van der Waals surface area (Å²) in [4.78, 5) is 4.36. The van der Waals surface area contributed by atoms with Crippen LogP contribution in [0.25, 0.3) is 11.4 Å². The molecule has 0 amide bonds. The van der Waals surface area contributed by atoms with Gasteiger partial charge in [0.05, 0.1) is 0 Å². The third-order valence-electron chi connectivity index (χ3n) is 2.42. The van der Waals surface area contributed by atoms with E-state index in [1.165, 1.54) is 0 Å². The molecule has 0 unspecified atom stereocenters. The van der Waals surface area contributed by atoms with Crippen LogP contribution >= 0.6 is 27.5 Å². The number of hydrogen-bond donors (Lipinski definition) is 0.